The molecule has 0 aliphatic rings. The Morgan fingerprint density at radius 3 is 2.33 bits per heavy atom. The van der Waals surface area contributed by atoms with E-state index in [1.807, 2.05) is 50.2 Å². The van der Waals surface area contributed by atoms with E-state index in [4.69, 9.17) is 11.6 Å². The minimum absolute atomic E-state index is 0.0316. The quantitative estimate of drug-likeness (QED) is 0.913. The van der Waals surface area contributed by atoms with Gasteiger partial charge >= 0.3 is 0 Å². The first-order valence-electron chi connectivity index (χ1n) is 7.00. The van der Waals surface area contributed by atoms with Gasteiger partial charge in [-0.25, -0.2) is 0 Å². The largest absolute Gasteiger partial charge is 0.351 e. The third-order valence-corrected chi connectivity index (χ3v) is 3.65. The lowest BCUT2D eigenvalue weighted by Crippen LogP contribution is -2.31. The van der Waals surface area contributed by atoms with Gasteiger partial charge in [0.15, 0.2) is 0 Å². The van der Waals surface area contributed by atoms with Crippen molar-refractivity contribution in [3.05, 3.63) is 64.9 Å². The first kappa shape index (κ1) is 15.5. The van der Waals surface area contributed by atoms with Crippen LogP contribution in [-0.4, -0.2) is 10.9 Å². The van der Waals surface area contributed by atoms with Crippen LogP contribution in [0.4, 0.5) is 0 Å². The lowest BCUT2D eigenvalue weighted by molar-refractivity contribution is -0.123. The average molecular weight is 303 g/mol. The van der Waals surface area contributed by atoms with Crippen LogP contribution >= 0.6 is 11.6 Å². The maximum absolute atomic E-state index is 12.5. The van der Waals surface area contributed by atoms with E-state index >= 15 is 0 Å². The number of hydrogen-bond donors (Lipinski definition) is 1. The Bertz CT molecular complexity index is 581. The van der Waals surface area contributed by atoms with Gasteiger partial charge in [0.25, 0.3) is 0 Å². The fraction of sp³-hybridized carbons (Fsp3) is 0.294. The van der Waals surface area contributed by atoms with Crippen LogP contribution in [-0.2, 0) is 11.3 Å². The maximum atomic E-state index is 12.5. The third-order valence-electron chi connectivity index (χ3n) is 3.39. The van der Waals surface area contributed by atoms with Crippen molar-refractivity contribution in [3.63, 3.8) is 0 Å². The second-order valence-corrected chi connectivity index (χ2v) is 5.78. The second-order valence-electron chi connectivity index (χ2n) is 5.35. The topological polar surface area (TPSA) is 42.0 Å². The van der Waals surface area contributed by atoms with Crippen LogP contribution in [0.1, 0.15) is 30.9 Å². The van der Waals surface area contributed by atoms with Gasteiger partial charge in [0.2, 0.25) is 5.91 Å². The minimum Gasteiger partial charge on any atom is -0.351 e. The molecule has 110 valence electrons. The number of benzene rings is 1. The van der Waals surface area contributed by atoms with Gasteiger partial charge < -0.3 is 5.32 Å². The number of pyridine rings is 1. The SMILES string of the molecule is CC(C)[C@@H](C(=O)NCc1ccncc1)c1ccc(Cl)cc1. The molecule has 1 aromatic carbocycles. The number of nitrogens with one attached hydrogen (secondary N) is 1. The predicted molar refractivity (Wildman–Crippen MR) is 85.1 cm³/mol. The number of halogens is 1. The Morgan fingerprint density at radius 2 is 1.76 bits per heavy atom. The molecule has 0 aliphatic carbocycles. The summed E-state index contributed by atoms with van der Waals surface area (Å²) in [5.74, 6) is 0.0665. The van der Waals surface area contributed by atoms with Crippen LogP contribution in [0.2, 0.25) is 5.02 Å². The Morgan fingerprint density at radius 1 is 1.14 bits per heavy atom. The van der Waals surface area contributed by atoms with Crippen molar-refractivity contribution in [1.29, 1.82) is 0 Å². The molecule has 0 spiro atoms. The summed E-state index contributed by atoms with van der Waals surface area (Å²) in [6.45, 7) is 4.61. The van der Waals surface area contributed by atoms with Crippen LogP contribution in [0.25, 0.3) is 0 Å². The van der Waals surface area contributed by atoms with Crippen molar-refractivity contribution in [1.82, 2.24) is 10.3 Å². The van der Waals surface area contributed by atoms with Crippen molar-refractivity contribution < 1.29 is 4.79 Å². The highest BCUT2D eigenvalue weighted by molar-refractivity contribution is 6.30. The van der Waals surface area contributed by atoms with E-state index in [1.165, 1.54) is 0 Å². The van der Waals surface area contributed by atoms with Gasteiger partial charge in [-0.05, 0) is 41.3 Å². The highest BCUT2D eigenvalue weighted by Crippen LogP contribution is 2.26. The van der Waals surface area contributed by atoms with E-state index in [1.54, 1.807) is 12.4 Å². The first-order chi connectivity index (χ1) is 10.1. The van der Waals surface area contributed by atoms with Gasteiger partial charge in [0.1, 0.15) is 0 Å². The van der Waals surface area contributed by atoms with E-state index in [2.05, 4.69) is 10.3 Å². The predicted octanol–water partition coefficient (Wildman–Crippen LogP) is 3.79. The number of hydrogen-bond acceptors (Lipinski definition) is 2. The van der Waals surface area contributed by atoms with Crippen LogP contribution in [0, 0.1) is 5.92 Å². The molecule has 0 bridgehead atoms. The molecule has 1 amide bonds. The van der Waals surface area contributed by atoms with E-state index in [0.717, 1.165) is 11.1 Å². The minimum atomic E-state index is -0.177. The zero-order chi connectivity index (χ0) is 15.2. The third kappa shape index (κ3) is 4.30. The Kier molecular flexibility index (Phi) is 5.34. The average Bonchev–Trinajstić information content (AvgIpc) is 2.48. The van der Waals surface area contributed by atoms with Crippen LogP contribution in [0.3, 0.4) is 0 Å². The summed E-state index contributed by atoms with van der Waals surface area (Å²) < 4.78 is 0. The Balaban J connectivity index is 2.07. The fourth-order valence-corrected chi connectivity index (χ4v) is 2.43. The van der Waals surface area contributed by atoms with E-state index < -0.39 is 0 Å². The van der Waals surface area contributed by atoms with Gasteiger partial charge in [-0.1, -0.05) is 37.6 Å². The second kappa shape index (κ2) is 7.23. The van der Waals surface area contributed by atoms with Crippen molar-refractivity contribution in [2.24, 2.45) is 5.92 Å². The van der Waals surface area contributed by atoms with E-state index in [-0.39, 0.29) is 17.7 Å². The summed E-state index contributed by atoms with van der Waals surface area (Å²) in [6.07, 6.45) is 3.45. The summed E-state index contributed by atoms with van der Waals surface area (Å²) in [4.78, 5) is 16.5. The van der Waals surface area contributed by atoms with Gasteiger partial charge in [0, 0.05) is 24.0 Å². The van der Waals surface area contributed by atoms with Gasteiger partial charge in [-0.15, -0.1) is 0 Å². The van der Waals surface area contributed by atoms with E-state index in [9.17, 15) is 4.79 Å². The fourth-order valence-electron chi connectivity index (χ4n) is 2.31. The lowest BCUT2D eigenvalue weighted by atomic mass is 9.87. The summed E-state index contributed by atoms with van der Waals surface area (Å²) in [5, 5.41) is 3.67. The molecular weight excluding hydrogens is 284 g/mol. The van der Waals surface area contributed by atoms with Gasteiger partial charge in [0.05, 0.1) is 5.92 Å². The number of carbonyl (C=O) groups excluding carboxylic acids is 1. The highest BCUT2D eigenvalue weighted by Gasteiger charge is 2.23. The molecule has 21 heavy (non-hydrogen) atoms. The molecule has 3 nitrogen and oxygen atoms in total. The molecule has 1 N–H and O–H groups in total. The zero-order valence-corrected chi connectivity index (χ0v) is 13.0. The van der Waals surface area contributed by atoms with E-state index in [0.29, 0.717) is 11.6 Å². The molecule has 0 radical (unpaired) electrons. The van der Waals surface area contributed by atoms with Gasteiger partial charge in [-0.2, -0.15) is 0 Å². The molecule has 2 rings (SSSR count). The number of amides is 1. The summed E-state index contributed by atoms with van der Waals surface area (Å²) in [6, 6.07) is 11.3. The summed E-state index contributed by atoms with van der Waals surface area (Å²) >= 11 is 5.91. The van der Waals surface area contributed by atoms with Crippen molar-refractivity contribution >= 4 is 17.5 Å². The molecule has 0 saturated heterocycles. The Hall–Kier alpha value is -1.87. The van der Waals surface area contributed by atoms with Crippen LogP contribution in [0.15, 0.2) is 48.8 Å². The van der Waals surface area contributed by atoms with Crippen molar-refractivity contribution in [3.8, 4) is 0 Å². The molecule has 1 aromatic heterocycles. The number of rotatable bonds is 5. The molecule has 1 heterocycles. The molecule has 1 atom stereocenters. The molecule has 2 aromatic rings. The number of aromatic nitrogens is 1. The molecule has 0 aliphatic heterocycles. The molecule has 0 unspecified atom stereocenters. The van der Waals surface area contributed by atoms with Crippen LogP contribution < -0.4 is 5.32 Å². The lowest BCUT2D eigenvalue weighted by Gasteiger charge is -2.21. The number of nitrogens with zero attached hydrogens (tertiary/aromatic N) is 1. The smallest absolute Gasteiger partial charge is 0.228 e. The monoisotopic (exact) mass is 302 g/mol. The van der Waals surface area contributed by atoms with Crippen molar-refractivity contribution in [2.45, 2.75) is 26.3 Å². The molecular formula is C17H19ClN2O. The Labute approximate surface area is 130 Å². The van der Waals surface area contributed by atoms with Crippen LogP contribution in [0.5, 0.6) is 0 Å². The zero-order valence-electron chi connectivity index (χ0n) is 12.2. The normalized spacial score (nSPS) is 12.2. The summed E-state index contributed by atoms with van der Waals surface area (Å²) in [7, 11) is 0. The maximum Gasteiger partial charge on any atom is 0.228 e. The molecule has 0 fully saturated rings. The summed E-state index contributed by atoms with van der Waals surface area (Å²) in [5.41, 5.74) is 2.03. The standard InChI is InChI=1S/C17H19ClN2O/c1-12(2)16(14-3-5-15(18)6-4-14)17(21)20-11-13-7-9-19-10-8-13/h3-10,12,16H,11H2,1-2H3,(H,20,21)/t16-/m1/s1. The molecule has 0 saturated carbocycles. The highest BCUT2D eigenvalue weighted by atomic mass is 35.5. The van der Waals surface area contributed by atoms with Crippen molar-refractivity contribution in [2.75, 3.05) is 0 Å². The number of carbonyl (C=O) groups is 1. The van der Waals surface area contributed by atoms with Gasteiger partial charge in [-0.3, -0.25) is 9.78 Å². The molecule has 4 heteroatoms. The first-order valence-corrected chi connectivity index (χ1v) is 7.38.